The van der Waals surface area contributed by atoms with Crippen LogP contribution in [0.3, 0.4) is 0 Å². The molecule has 22 heavy (non-hydrogen) atoms. The van der Waals surface area contributed by atoms with Gasteiger partial charge in [0.2, 0.25) is 0 Å². The molecule has 1 aliphatic carbocycles. The highest BCUT2D eigenvalue weighted by atomic mass is 35.5. The van der Waals surface area contributed by atoms with E-state index in [1.807, 2.05) is 35.7 Å². The van der Waals surface area contributed by atoms with Crippen molar-refractivity contribution in [3.63, 3.8) is 0 Å². The van der Waals surface area contributed by atoms with Gasteiger partial charge >= 0.3 is 0 Å². The molecule has 1 fully saturated rings. The molecule has 0 bridgehead atoms. The van der Waals surface area contributed by atoms with Gasteiger partial charge in [0.25, 0.3) is 0 Å². The van der Waals surface area contributed by atoms with Gasteiger partial charge in [-0.05, 0) is 42.0 Å². The average molecular weight is 338 g/mol. The summed E-state index contributed by atoms with van der Waals surface area (Å²) < 4.78 is 5.55. The maximum Gasteiger partial charge on any atom is 0.0898 e. The van der Waals surface area contributed by atoms with Gasteiger partial charge < -0.3 is 15.2 Å². The molecule has 1 heterocycles. The van der Waals surface area contributed by atoms with E-state index in [9.17, 15) is 5.11 Å². The molecule has 0 saturated heterocycles. The standard InChI is InChI=1S/C17H20ClNO2S/c18-14-4-1-3-13(9-14)17(6-7-17)19-10-15(20)11-21-12-16-5-2-8-22-16/h1-5,8-9,15,19-20H,6-7,10-12H2. The molecule has 1 aliphatic rings. The number of hydrogen-bond acceptors (Lipinski definition) is 4. The van der Waals surface area contributed by atoms with Crippen LogP contribution in [0.1, 0.15) is 23.3 Å². The van der Waals surface area contributed by atoms with Gasteiger partial charge in [0.05, 0.1) is 19.3 Å². The van der Waals surface area contributed by atoms with E-state index in [1.54, 1.807) is 11.3 Å². The zero-order valence-electron chi connectivity index (χ0n) is 12.3. The van der Waals surface area contributed by atoms with Crippen molar-refractivity contribution in [3.8, 4) is 0 Å². The Bertz CT molecular complexity index is 598. The Balaban J connectivity index is 1.43. The third kappa shape index (κ3) is 4.09. The summed E-state index contributed by atoms with van der Waals surface area (Å²) in [6.45, 7) is 1.43. The molecule has 1 aromatic carbocycles. The number of halogens is 1. The molecule has 1 atom stereocenters. The SMILES string of the molecule is OC(CNC1(c2cccc(Cl)c2)CC1)COCc1cccs1. The highest BCUT2D eigenvalue weighted by Gasteiger charge is 2.44. The van der Waals surface area contributed by atoms with Crippen LogP contribution >= 0.6 is 22.9 Å². The molecule has 0 radical (unpaired) electrons. The second kappa shape index (κ2) is 7.11. The molecule has 1 saturated carbocycles. The van der Waals surface area contributed by atoms with Crippen LogP contribution in [0.5, 0.6) is 0 Å². The van der Waals surface area contributed by atoms with Crippen molar-refractivity contribution in [2.75, 3.05) is 13.2 Å². The van der Waals surface area contributed by atoms with E-state index in [2.05, 4.69) is 11.4 Å². The monoisotopic (exact) mass is 337 g/mol. The molecule has 5 heteroatoms. The summed E-state index contributed by atoms with van der Waals surface area (Å²) in [6.07, 6.45) is 1.66. The van der Waals surface area contributed by atoms with Crippen molar-refractivity contribution in [2.24, 2.45) is 0 Å². The summed E-state index contributed by atoms with van der Waals surface area (Å²) >= 11 is 7.73. The van der Waals surface area contributed by atoms with Crippen LogP contribution in [-0.2, 0) is 16.9 Å². The second-order valence-corrected chi connectivity index (χ2v) is 7.19. The third-order valence-electron chi connectivity index (χ3n) is 3.94. The lowest BCUT2D eigenvalue weighted by atomic mass is 10.0. The topological polar surface area (TPSA) is 41.5 Å². The lowest BCUT2D eigenvalue weighted by molar-refractivity contribution is 0.0280. The Hall–Kier alpha value is -0.910. The van der Waals surface area contributed by atoms with Gasteiger partial charge in [-0.25, -0.2) is 0 Å². The van der Waals surface area contributed by atoms with Crippen LogP contribution in [0.15, 0.2) is 41.8 Å². The van der Waals surface area contributed by atoms with Crippen LogP contribution in [0, 0.1) is 0 Å². The predicted octanol–water partition coefficient (Wildman–Crippen LogP) is 3.56. The number of thiophene rings is 1. The van der Waals surface area contributed by atoms with Crippen molar-refractivity contribution in [3.05, 3.63) is 57.2 Å². The summed E-state index contributed by atoms with van der Waals surface area (Å²) in [7, 11) is 0. The number of aliphatic hydroxyl groups is 1. The Kier molecular flexibility index (Phi) is 5.16. The largest absolute Gasteiger partial charge is 0.389 e. The molecule has 0 spiro atoms. The van der Waals surface area contributed by atoms with E-state index in [0.717, 1.165) is 17.9 Å². The minimum Gasteiger partial charge on any atom is -0.389 e. The molecule has 0 amide bonds. The number of aliphatic hydroxyl groups excluding tert-OH is 1. The summed E-state index contributed by atoms with van der Waals surface area (Å²) in [5.74, 6) is 0. The smallest absolute Gasteiger partial charge is 0.0898 e. The summed E-state index contributed by atoms with van der Waals surface area (Å²) in [5, 5.41) is 16.3. The lowest BCUT2D eigenvalue weighted by Crippen LogP contribution is -2.37. The molecule has 1 unspecified atom stereocenters. The normalized spacial score (nSPS) is 17.4. The van der Waals surface area contributed by atoms with Crippen LogP contribution < -0.4 is 5.32 Å². The van der Waals surface area contributed by atoms with E-state index < -0.39 is 6.10 Å². The van der Waals surface area contributed by atoms with Crippen LogP contribution in [0.2, 0.25) is 5.02 Å². The van der Waals surface area contributed by atoms with Gasteiger partial charge in [0.15, 0.2) is 0 Å². The Labute approximate surface area is 139 Å². The van der Waals surface area contributed by atoms with Crippen LogP contribution in [-0.4, -0.2) is 24.4 Å². The zero-order chi connectivity index (χ0) is 15.4. The number of nitrogens with one attached hydrogen (secondary N) is 1. The van der Waals surface area contributed by atoms with E-state index in [4.69, 9.17) is 16.3 Å². The van der Waals surface area contributed by atoms with Gasteiger partial charge in [-0.3, -0.25) is 0 Å². The first-order valence-electron chi connectivity index (χ1n) is 7.47. The Morgan fingerprint density at radius 1 is 1.32 bits per heavy atom. The number of hydrogen-bond donors (Lipinski definition) is 2. The summed E-state index contributed by atoms with van der Waals surface area (Å²) in [6, 6.07) is 12.0. The highest BCUT2D eigenvalue weighted by molar-refractivity contribution is 7.09. The molecular weight excluding hydrogens is 318 g/mol. The fraction of sp³-hybridized carbons (Fsp3) is 0.412. The molecule has 0 aliphatic heterocycles. The predicted molar refractivity (Wildman–Crippen MR) is 90.3 cm³/mol. The van der Waals surface area contributed by atoms with Gasteiger partial charge in [0, 0.05) is 22.0 Å². The van der Waals surface area contributed by atoms with Gasteiger partial charge in [-0.2, -0.15) is 0 Å². The minimum atomic E-state index is -0.503. The molecule has 2 N–H and O–H groups in total. The minimum absolute atomic E-state index is 0.0143. The average Bonchev–Trinajstić information content (AvgIpc) is 3.14. The molecule has 3 rings (SSSR count). The molecule has 118 valence electrons. The maximum atomic E-state index is 10.1. The fourth-order valence-electron chi connectivity index (χ4n) is 2.54. The molecule has 3 nitrogen and oxygen atoms in total. The van der Waals surface area contributed by atoms with E-state index in [1.165, 1.54) is 10.4 Å². The van der Waals surface area contributed by atoms with Crippen molar-refractivity contribution in [1.82, 2.24) is 5.32 Å². The van der Waals surface area contributed by atoms with Gasteiger partial charge in [-0.15, -0.1) is 11.3 Å². The summed E-state index contributed by atoms with van der Waals surface area (Å²) in [4.78, 5) is 1.18. The third-order valence-corrected chi connectivity index (χ3v) is 5.02. The fourth-order valence-corrected chi connectivity index (χ4v) is 3.37. The van der Waals surface area contributed by atoms with E-state index >= 15 is 0 Å². The van der Waals surface area contributed by atoms with Crippen LogP contribution in [0.4, 0.5) is 0 Å². The van der Waals surface area contributed by atoms with E-state index in [-0.39, 0.29) is 5.54 Å². The van der Waals surface area contributed by atoms with Crippen molar-refractivity contribution in [1.29, 1.82) is 0 Å². The summed E-state index contributed by atoms with van der Waals surface area (Å²) in [5.41, 5.74) is 1.19. The van der Waals surface area contributed by atoms with Crippen molar-refractivity contribution in [2.45, 2.75) is 31.1 Å². The van der Waals surface area contributed by atoms with Crippen molar-refractivity contribution >= 4 is 22.9 Å². The molecule has 1 aromatic heterocycles. The highest BCUT2D eigenvalue weighted by Crippen LogP contribution is 2.45. The number of ether oxygens (including phenoxy) is 1. The van der Waals surface area contributed by atoms with Gasteiger partial charge in [-0.1, -0.05) is 29.8 Å². The Morgan fingerprint density at radius 2 is 2.18 bits per heavy atom. The van der Waals surface area contributed by atoms with Gasteiger partial charge in [0.1, 0.15) is 0 Å². The first-order chi connectivity index (χ1) is 10.7. The van der Waals surface area contributed by atoms with Crippen molar-refractivity contribution < 1.29 is 9.84 Å². The molecule has 2 aromatic rings. The molecular formula is C17H20ClNO2S. The first kappa shape index (κ1) is 16.0. The Morgan fingerprint density at radius 3 is 2.86 bits per heavy atom. The first-order valence-corrected chi connectivity index (χ1v) is 8.73. The van der Waals surface area contributed by atoms with Crippen LogP contribution in [0.25, 0.3) is 0 Å². The zero-order valence-corrected chi connectivity index (χ0v) is 13.9. The van der Waals surface area contributed by atoms with E-state index in [0.29, 0.717) is 19.8 Å². The number of rotatable bonds is 8. The lowest BCUT2D eigenvalue weighted by Gasteiger charge is -2.20. The maximum absolute atomic E-state index is 10.1. The quantitative estimate of drug-likeness (QED) is 0.774. The second-order valence-electron chi connectivity index (χ2n) is 5.72. The number of benzene rings is 1.